The van der Waals surface area contributed by atoms with Crippen molar-refractivity contribution in [2.45, 2.75) is 77.2 Å². The number of nitrogens with one attached hydrogen (secondary N) is 4. The summed E-state index contributed by atoms with van der Waals surface area (Å²) in [4.78, 5) is 49.3. The monoisotopic (exact) mass is 777 g/mol. The van der Waals surface area contributed by atoms with Crippen molar-refractivity contribution >= 4 is 34.2 Å². The fourth-order valence-electron chi connectivity index (χ4n) is 8.31. The highest BCUT2D eigenvalue weighted by Gasteiger charge is 2.38. The second-order valence-electron chi connectivity index (χ2n) is 15.0. The zero-order valence-electron chi connectivity index (χ0n) is 31.7. The third-order valence-corrected chi connectivity index (χ3v) is 12.4. The lowest BCUT2D eigenvalue weighted by molar-refractivity contribution is -0.135. The van der Waals surface area contributed by atoms with E-state index >= 15 is 4.39 Å². The van der Waals surface area contributed by atoms with Crippen molar-refractivity contribution in [1.82, 2.24) is 45.0 Å². The van der Waals surface area contributed by atoms with Gasteiger partial charge < -0.3 is 35.0 Å². The number of thiazole rings is 1. The van der Waals surface area contributed by atoms with Gasteiger partial charge in [-0.05, 0) is 74.9 Å². The first-order valence-electron chi connectivity index (χ1n) is 19.3. The van der Waals surface area contributed by atoms with Gasteiger partial charge in [0.05, 0.1) is 69.6 Å². The van der Waals surface area contributed by atoms with Crippen molar-refractivity contribution in [1.29, 1.82) is 0 Å². The van der Waals surface area contributed by atoms with Crippen LogP contribution >= 0.6 is 11.3 Å². The van der Waals surface area contributed by atoms with Crippen LogP contribution in [0.3, 0.4) is 0 Å². The number of nitrogens with zero attached hydrogens (tertiary/aromatic N) is 5. The van der Waals surface area contributed by atoms with E-state index in [1.165, 1.54) is 13.2 Å². The average Bonchev–Trinajstić information content (AvgIpc) is 4.06. The van der Waals surface area contributed by atoms with Crippen LogP contribution in [0.4, 0.5) is 9.18 Å². The molecule has 6 aromatic rings. The second-order valence-corrected chi connectivity index (χ2v) is 16.2. The molecule has 13 nitrogen and oxygen atoms in total. The molecule has 9 rings (SSSR count). The Morgan fingerprint density at radius 3 is 2.57 bits per heavy atom. The molecular formula is C41H44FN9O4S. The number of likely N-dealkylation sites (tertiary alicyclic amines) is 1. The number of hydrogen-bond acceptors (Lipinski definition) is 9. The molecule has 3 aliphatic rings. The summed E-state index contributed by atoms with van der Waals surface area (Å²) in [5, 5.41) is 8.14. The number of alkyl carbamates (subject to hydrolysis) is 1. The van der Waals surface area contributed by atoms with Gasteiger partial charge in [-0.25, -0.2) is 24.1 Å². The van der Waals surface area contributed by atoms with Gasteiger partial charge in [-0.3, -0.25) is 9.36 Å². The number of fused-ring (bicyclic) bond motifs is 5. The molecular weight excluding hydrogens is 734 g/mol. The van der Waals surface area contributed by atoms with Gasteiger partial charge in [0.25, 0.3) is 0 Å². The van der Waals surface area contributed by atoms with Crippen LogP contribution in [-0.4, -0.2) is 72.6 Å². The number of aryl methyl sites for hydroxylation is 1. The lowest BCUT2D eigenvalue weighted by Crippen LogP contribution is -2.51. The summed E-state index contributed by atoms with van der Waals surface area (Å²) < 4.78 is 30.2. The number of ether oxygens (including phenoxy) is 2. The summed E-state index contributed by atoms with van der Waals surface area (Å²) in [6.07, 6.45) is 8.65. The molecule has 0 bridgehead atoms. The van der Waals surface area contributed by atoms with E-state index in [-0.39, 0.29) is 23.9 Å². The largest absolute Gasteiger partial charge is 0.464 e. The van der Waals surface area contributed by atoms with Crippen molar-refractivity contribution in [3.8, 4) is 39.5 Å². The van der Waals surface area contributed by atoms with Gasteiger partial charge in [-0.1, -0.05) is 26.8 Å². The number of carbonyl (C=O) groups excluding carboxylic acids is 2. The fraction of sp³-hybridized carbons (Fsp3) is 0.390. The number of imidazole rings is 2. The minimum atomic E-state index is -0.746. The Balaban J connectivity index is 1.06. The molecule has 4 unspecified atom stereocenters. The Labute approximate surface area is 327 Å². The SMILES string of the molecule is CCc1ncc(C2Oc3cc(-c4cnc(C5CCCN5C(=O)C(NC(=O)OC)C(C)C)[nH]4)cc(F)c3-c3cc4cc(-c5cnc(C6CCCN6)[nH]5)ccc4n32)s1. The number of carbonyl (C=O) groups is 2. The first-order valence-corrected chi connectivity index (χ1v) is 20.1. The smallest absolute Gasteiger partial charge is 0.407 e. The van der Waals surface area contributed by atoms with E-state index in [0.29, 0.717) is 47.1 Å². The zero-order chi connectivity index (χ0) is 38.7. The summed E-state index contributed by atoms with van der Waals surface area (Å²) in [6, 6.07) is 10.8. The van der Waals surface area contributed by atoms with Crippen LogP contribution in [0.5, 0.6) is 5.75 Å². The van der Waals surface area contributed by atoms with Gasteiger partial charge in [0.15, 0.2) is 0 Å². The molecule has 2 saturated heterocycles. The minimum Gasteiger partial charge on any atom is -0.464 e. The van der Waals surface area contributed by atoms with Crippen molar-refractivity contribution in [2.24, 2.45) is 5.92 Å². The molecule has 56 heavy (non-hydrogen) atoms. The Hall–Kier alpha value is -5.54. The lowest BCUT2D eigenvalue weighted by Gasteiger charge is -2.30. The number of methoxy groups -OCH3 is 1. The second kappa shape index (κ2) is 14.5. The number of H-pyrrole nitrogens is 2. The van der Waals surface area contributed by atoms with E-state index in [0.717, 1.165) is 70.1 Å². The predicted molar refractivity (Wildman–Crippen MR) is 211 cm³/mol. The number of hydrogen-bond donors (Lipinski definition) is 4. The van der Waals surface area contributed by atoms with Gasteiger partial charge in [0.2, 0.25) is 12.1 Å². The fourth-order valence-corrected chi connectivity index (χ4v) is 9.19. The maximum absolute atomic E-state index is 16.6. The van der Waals surface area contributed by atoms with Crippen molar-refractivity contribution in [3.63, 3.8) is 0 Å². The lowest BCUT2D eigenvalue weighted by atomic mass is 10.0. The van der Waals surface area contributed by atoms with E-state index in [9.17, 15) is 9.59 Å². The topological polar surface area (TPSA) is 155 Å². The highest BCUT2D eigenvalue weighted by Crippen LogP contribution is 2.48. The first-order chi connectivity index (χ1) is 27.2. The molecule has 0 saturated carbocycles. The summed E-state index contributed by atoms with van der Waals surface area (Å²) in [7, 11) is 1.28. The maximum Gasteiger partial charge on any atom is 0.407 e. The minimum absolute atomic E-state index is 0.153. The number of halogens is 1. The summed E-state index contributed by atoms with van der Waals surface area (Å²) >= 11 is 1.59. The van der Waals surface area contributed by atoms with Gasteiger partial charge in [0.1, 0.15) is 29.3 Å². The average molecular weight is 778 g/mol. The zero-order valence-corrected chi connectivity index (χ0v) is 32.5. The molecule has 2 fully saturated rings. The molecule has 7 heterocycles. The van der Waals surface area contributed by atoms with Crippen LogP contribution in [0.2, 0.25) is 0 Å². The van der Waals surface area contributed by atoms with E-state index in [1.807, 2.05) is 38.4 Å². The number of aromatic nitrogens is 6. The standard InChI is InChI=1S/C41H44FN9O4S/c1-5-34-44-20-33(56-34)40-51-29-11-10-22(27-18-45-37(47-27)26-8-6-12-43-26)14-24(29)16-31(51)35-25(42)15-23(17-32(35)55-40)28-19-46-38(48-28)30-9-7-13-50(30)39(52)36(21(2)3)49-41(53)54-4/h10-11,14-21,26,30,36,40,43H,5-9,12-13H2,1-4H3,(H,45,47)(H,46,48)(H,49,53). The summed E-state index contributed by atoms with van der Waals surface area (Å²) in [5.74, 6) is 1.18. The van der Waals surface area contributed by atoms with Crippen LogP contribution in [-0.2, 0) is 16.0 Å². The normalized spacial score (nSPS) is 19.6. The number of benzene rings is 2. The van der Waals surface area contributed by atoms with Gasteiger partial charge in [-0.2, -0.15) is 0 Å². The molecule has 2 amide bonds. The third-order valence-electron chi connectivity index (χ3n) is 11.2. The summed E-state index contributed by atoms with van der Waals surface area (Å²) in [6.45, 7) is 7.36. The maximum atomic E-state index is 16.6. The molecule has 0 aliphatic carbocycles. The molecule has 4 atom stereocenters. The van der Waals surface area contributed by atoms with E-state index in [4.69, 9.17) is 9.47 Å². The molecule has 4 N–H and O–H groups in total. The Morgan fingerprint density at radius 2 is 1.82 bits per heavy atom. The Kier molecular flexibility index (Phi) is 9.36. The Bertz CT molecular complexity index is 2440. The van der Waals surface area contributed by atoms with Gasteiger partial charge in [0, 0.05) is 29.3 Å². The van der Waals surface area contributed by atoms with Gasteiger partial charge in [-0.15, -0.1) is 11.3 Å². The van der Waals surface area contributed by atoms with Crippen LogP contribution in [0, 0.1) is 11.7 Å². The van der Waals surface area contributed by atoms with Crippen LogP contribution in [0.15, 0.2) is 55.0 Å². The highest BCUT2D eigenvalue weighted by molar-refractivity contribution is 7.11. The quantitative estimate of drug-likeness (QED) is 0.117. The molecule has 0 radical (unpaired) electrons. The van der Waals surface area contributed by atoms with Crippen molar-refractivity contribution in [3.05, 3.63) is 82.3 Å². The van der Waals surface area contributed by atoms with E-state index in [2.05, 4.69) is 65.2 Å². The molecule has 0 spiro atoms. The third kappa shape index (κ3) is 6.32. The van der Waals surface area contributed by atoms with Crippen LogP contribution in [0.1, 0.15) is 86.3 Å². The first kappa shape index (κ1) is 36.1. The highest BCUT2D eigenvalue weighted by atomic mass is 32.1. The molecule has 15 heteroatoms. The predicted octanol–water partition coefficient (Wildman–Crippen LogP) is 7.65. The van der Waals surface area contributed by atoms with Gasteiger partial charge >= 0.3 is 6.09 Å². The molecule has 290 valence electrons. The van der Waals surface area contributed by atoms with Crippen molar-refractivity contribution in [2.75, 3.05) is 20.2 Å². The molecule has 3 aliphatic heterocycles. The van der Waals surface area contributed by atoms with E-state index < -0.39 is 24.2 Å². The van der Waals surface area contributed by atoms with E-state index in [1.54, 1.807) is 22.4 Å². The molecule has 2 aromatic carbocycles. The number of amides is 2. The number of rotatable bonds is 9. The summed E-state index contributed by atoms with van der Waals surface area (Å²) in [5.41, 5.74) is 5.10. The van der Waals surface area contributed by atoms with Crippen LogP contribution in [0.25, 0.3) is 44.7 Å². The molecule has 4 aromatic heterocycles. The van der Waals surface area contributed by atoms with Crippen LogP contribution < -0.4 is 15.4 Å². The number of aromatic amines is 2. The Morgan fingerprint density at radius 1 is 1.02 bits per heavy atom. The van der Waals surface area contributed by atoms with Crippen molar-refractivity contribution < 1.29 is 23.5 Å².